The summed E-state index contributed by atoms with van der Waals surface area (Å²) >= 11 is 2.03. The molecule has 1 heterocycles. The molecule has 1 fully saturated rings. The number of rotatable bonds is 5. The van der Waals surface area contributed by atoms with Crippen LogP contribution in [0.3, 0.4) is 0 Å². The standard InChI is InChI=1S/C12H22OS/c1-3-10(2)8-12(13)9-11-4-6-14-7-5-11/h10-11H,3-9H2,1-2H3. The van der Waals surface area contributed by atoms with Crippen molar-refractivity contribution >= 4 is 17.5 Å². The van der Waals surface area contributed by atoms with Crippen molar-refractivity contribution in [3.05, 3.63) is 0 Å². The molecule has 1 aliphatic rings. The quantitative estimate of drug-likeness (QED) is 0.696. The molecular weight excluding hydrogens is 192 g/mol. The second-order valence-electron chi connectivity index (χ2n) is 4.52. The topological polar surface area (TPSA) is 17.1 Å². The van der Waals surface area contributed by atoms with Crippen LogP contribution in [0.1, 0.15) is 46.0 Å². The first-order valence-electron chi connectivity index (χ1n) is 5.81. The summed E-state index contributed by atoms with van der Waals surface area (Å²) in [5.41, 5.74) is 0. The second kappa shape index (κ2) is 6.49. The Kier molecular flexibility index (Phi) is 5.61. The monoisotopic (exact) mass is 214 g/mol. The Bertz CT molecular complexity index is 173. The number of hydrogen-bond donors (Lipinski definition) is 0. The third-order valence-corrected chi connectivity index (χ3v) is 4.18. The molecule has 14 heavy (non-hydrogen) atoms. The van der Waals surface area contributed by atoms with E-state index < -0.39 is 0 Å². The molecule has 1 aliphatic heterocycles. The van der Waals surface area contributed by atoms with E-state index in [1.54, 1.807) is 0 Å². The second-order valence-corrected chi connectivity index (χ2v) is 5.74. The van der Waals surface area contributed by atoms with Gasteiger partial charge in [-0.05, 0) is 36.2 Å². The van der Waals surface area contributed by atoms with Crippen LogP contribution >= 0.6 is 11.8 Å². The highest BCUT2D eigenvalue weighted by Gasteiger charge is 2.17. The zero-order valence-electron chi connectivity index (χ0n) is 9.42. The van der Waals surface area contributed by atoms with Gasteiger partial charge in [0.2, 0.25) is 0 Å². The van der Waals surface area contributed by atoms with Crippen molar-refractivity contribution < 1.29 is 4.79 Å². The van der Waals surface area contributed by atoms with Gasteiger partial charge in [-0.2, -0.15) is 11.8 Å². The van der Waals surface area contributed by atoms with Gasteiger partial charge >= 0.3 is 0 Å². The van der Waals surface area contributed by atoms with Crippen LogP contribution in [-0.4, -0.2) is 17.3 Å². The third kappa shape index (κ3) is 4.50. The number of carbonyl (C=O) groups excluding carboxylic acids is 1. The normalized spacial score (nSPS) is 20.7. The van der Waals surface area contributed by atoms with Gasteiger partial charge in [-0.1, -0.05) is 20.3 Å². The smallest absolute Gasteiger partial charge is 0.133 e. The van der Waals surface area contributed by atoms with Crippen molar-refractivity contribution in [2.45, 2.75) is 46.0 Å². The molecule has 1 nitrogen and oxygen atoms in total. The molecule has 82 valence electrons. The molecule has 0 aromatic heterocycles. The summed E-state index contributed by atoms with van der Waals surface area (Å²) in [5, 5.41) is 0. The maximum absolute atomic E-state index is 11.7. The molecule has 0 N–H and O–H groups in total. The minimum absolute atomic E-state index is 0.497. The predicted octanol–water partition coefficient (Wildman–Crippen LogP) is 3.53. The largest absolute Gasteiger partial charge is 0.300 e. The molecule has 1 atom stereocenters. The van der Waals surface area contributed by atoms with E-state index in [0.29, 0.717) is 17.6 Å². The molecule has 0 radical (unpaired) electrons. The molecule has 1 unspecified atom stereocenters. The SMILES string of the molecule is CCC(C)CC(=O)CC1CCSCC1. The highest BCUT2D eigenvalue weighted by molar-refractivity contribution is 7.99. The molecule has 0 aromatic rings. The van der Waals surface area contributed by atoms with Crippen molar-refractivity contribution in [2.75, 3.05) is 11.5 Å². The highest BCUT2D eigenvalue weighted by atomic mass is 32.2. The number of carbonyl (C=O) groups is 1. The lowest BCUT2D eigenvalue weighted by atomic mass is 9.92. The zero-order valence-corrected chi connectivity index (χ0v) is 10.2. The summed E-state index contributed by atoms with van der Waals surface area (Å²) < 4.78 is 0. The van der Waals surface area contributed by atoms with Crippen LogP contribution < -0.4 is 0 Å². The molecule has 0 aromatic carbocycles. The van der Waals surface area contributed by atoms with Gasteiger partial charge < -0.3 is 0 Å². The molecule has 0 spiro atoms. The van der Waals surface area contributed by atoms with E-state index in [-0.39, 0.29) is 0 Å². The number of ketones is 1. The van der Waals surface area contributed by atoms with E-state index in [1.807, 2.05) is 11.8 Å². The van der Waals surface area contributed by atoms with E-state index in [2.05, 4.69) is 13.8 Å². The Morgan fingerprint density at radius 1 is 1.43 bits per heavy atom. The van der Waals surface area contributed by atoms with Crippen molar-refractivity contribution in [1.29, 1.82) is 0 Å². The van der Waals surface area contributed by atoms with Gasteiger partial charge in [0.05, 0.1) is 0 Å². The fourth-order valence-corrected chi connectivity index (χ4v) is 3.09. The van der Waals surface area contributed by atoms with Crippen molar-refractivity contribution in [3.63, 3.8) is 0 Å². The van der Waals surface area contributed by atoms with E-state index in [1.165, 1.54) is 24.3 Å². The molecule has 2 heteroatoms. The molecule has 0 saturated carbocycles. The average molecular weight is 214 g/mol. The van der Waals surface area contributed by atoms with Crippen LogP contribution in [0.4, 0.5) is 0 Å². The van der Waals surface area contributed by atoms with Gasteiger partial charge in [-0.15, -0.1) is 0 Å². The first kappa shape index (κ1) is 12.1. The molecule has 0 aliphatic carbocycles. The maximum atomic E-state index is 11.7. The Hall–Kier alpha value is 0.0200. The highest BCUT2D eigenvalue weighted by Crippen LogP contribution is 2.26. The lowest BCUT2D eigenvalue weighted by Gasteiger charge is -2.20. The molecule has 1 saturated heterocycles. The van der Waals surface area contributed by atoms with Crippen LogP contribution in [-0.2, 0) is 4.79 Å². The molecule has 0 amide bonds. The Morgan fingerprint density at radius 2 is 2.07 bits per heavy atom. The summed E-state index contributed by atoms with van der Waals surface area (Å²) in [6, 6.07) is 0. The Morgan fingerprint density at radius 3 is 2.64 bits per heavy atom. The number of hydrogen-bond acceptors (Lipinski definition) is 2. The van der Waals surface area contributed by atoms with Gasteiger partial charge in [0.1, 0.15) is 5.78 Å². The van der Waals surface area contributed by atoms with Gasteiger partial charge in [0, 0.05) is 12.8 Å². The minimum Gasteiger partial charge on any atom is -0.300 e. The average Bonchev–Trinajstić information content (AvgIpc) is 2.19. The summed E-state index contributed by atoms with van der Waals surface area (Å²) in [7, 11) is 0. The lowest BCUT2D eigenvalue weighted by Crippen LogP contribution is -2.15. The number of thioether (sulfide) groups is 1. The zero-order chi connectivity index (χ0) is 10.4. The van der Waals surface area contributed by atoms with Crippen LogP contribution in [0.15, 0.2) is 0 Å². The van der Waals surface area contributed by atoms with Crippen LogP contribution in [0.5, 0.6) is 0 Å². The van der Waals surface area contributed by atoms with Gasteiger partial charge in [-0.25, -0.2) is 0 Å². The summed E-state index contributed by atoms with van der Waals surface area (Å²) in [6.45, 7) is 4.34. The van der Waals surface area contributed by atoms with E-state index in [4.69, 9.17) is 0 Å². The first-order chi connectivity index (χ1) is 6.72. The Labute approximate surface area is 92.0 Å². The van der Waals surface area contributed by atoms with Gasteiger partial charge in [0.15, 0.2) is 0 Å². The first-order valence-corrected chi connectivity index (χ1v) is 6.97. The summed E-state index contributed by atoms with van der Waals surface area (Å²) in [5.74, 6) is 4.31. The van der Waals surface area contributed by atoms with Crippen LogP contribution in [0.2, 0.25) is 0 Å². The fourth-order valence-electron chi connectivity index (χ4n) is 1.89. The minimum atomic E-state index is 0.497. The Balaban J connectivity index is 2.18. The van der Waals surface area contributed by atoms with Crippen molar-refractivity contribution in [2.24, 2.45) is 11.8 Å². The summed E-state index contributed by atoms with van der Waals surface area (Å²) in [6.07, 6.45) is 5.31. The molecular formula is C12H22OS. The van der Waals surface area contributed by atoms with E-state index >= 15 is 0 Å². The number of Topliss-reactive ketones (excluding diaryl/α,β-unsaturated/α-hetero) is 1. The van der Waals surface area contributed by atoms with Crippen molar-refractivity contribution in [3.8, 4) is 0 Å². The van der Waals surface area contributed by atoms with Gasteiger partial charge in [-0.3, -0.25) is 4.79 Å². The van der Waals surface area contributed by atoms with Crippen LogP contribution in [0.25, 0.3) is 0 Å². The van der Waals surface area contributed by atoms with Gasteiger partial charge in [0.25, 0.3) is 0 Å². The maximum Gasteiger partial charge on any atom is 0.133 e. The fraction of sp³-hybridized carbons (Fsp3) is 0.917. The van der Waals surface area contributed by atoms with Crippen LogP contribution in [0, 0.1) is 11.8 Å². The van der Waals surface area contributed by atoms with E-state index in [0.717, 1.165) is 19.3 Å². The predicted molar refractivity (Wildman–Crippen MR) is 63.7 cm³/mol. The summed E-state index contributed by atoms with van der Waals surface area (Å²) in [4.78, 5) is 11.7. The molecule has 0 bridgehead atoms. The molecule has 1 rings (SSSR count). The van der Waals surface area contributed by atoms with Crippen molar-refractivity contribution in [1.82, 2.24) is 0 Å². The third-order valence-electron chi connectivity index (χ3n) is 3.13. The lowest BCUT2D eigenvalue weighted by molar-refractivity contribution is -0.120. The van der Waals surface area contributed by atoms with E-state index in [9.17, 15) is 4.79 Å².